The van der Waals surface area contributed by atoms with Crippen LogP contribution in [0.2, 0.25) is 0 Å². The number of ether oxygens (including phenoxy) is 2. The quantitative estimate of drug-likeness (QED) is 0.625. The molecule has 2 aromatic rings. The summed E-state index contributed by atoms with van der Waals surface area (Å²) in [4.78, 5) is 34.2. The molecular formula is C14H14N2O5. The summed E-state index contributed by atoms with van der Waals surface area (Å²) in [6, 6.07) is 2.85. The Morgan fingerprint density at radius 3 is 2.24 bits per heavy atom. The normalized spacial score (nSPS) is 10.4. The van der Waals surface area contributed by atoms with Gasteiger partial charge in [-0.3, -0.25) is 19.1 Å². The minimum atomic E-state index is -0.576. The number of aryl methyl sites for hydroxylation is 1. The molecule has 0 aliphatic rings. The van der Waals surface area contributed by atoms with Gasteiger partial charge in [0.2, 0.25) is 5.43 Å². The number of hydrogen-bond donors (Lipinski definition) is 0. The van der Waals surface area contributed by atoms with Gasteiger partial charge in [0.15, 0.2) is 11.5 Å². The largest absolute Gasteiger partial charge is 0.423 e. The molecule has 0 fully saturated rings. The van der Waals surface area contributed by atoms with Gasteiger partial charge in [-0.15, -0.1) is 0 Å². The number of nitrogens with zero attached hydrogens (tertiary/aromatic N) is 2. The van der Waals surface area contributed by atoms with E-state index in [0.717, 1.165) is 0 Å². The molecule has 0 saturated heterocycles. The maximum atomic E-state index is 11.9. The molecule has 0 unspecified atom stereocenters. The summed E-state index contributed by atoms with van der Waals surface area (Å²) < 4.78 is 11.6. The molecule has 0 amide bonds. The van der Waals surface area contributed by atoms with E-state index < -0.39 is 11.9 Å². The molecule has 1 heterocycles. The molecule has 0 saturated carbocycles. The molecule has 0 atom stereocenters. The van der Waals surface area contributed by atoms with Crippen molar-refractivity contribution in [2.24, 2.45) is 0 Å². The van der Waals surface area contributed by atoms with Crippen molar-refractivity contribution in [3.63, 3.8) is 0 Å². The molecule has 0 bridgehead atoms. The van der Waals surface area contributed by atoms with E-state index in [9.17, 15) is 14.4 Å². The minimum Gasteiger partial charge on any atom is -0.423 e. The first kappa shape index (κ1) is 14.7. The molecule has 1 aromatic heterocycles. The van der Waals surface area contributed by atoms with Gasteiger partial charge in [-0.2, -0.15) is 5.10 Å². The van der Waals surface area contributed by atoms with Gasteiger partial charge >= 0.3 is 11.9 Å². The van der Waals surface area contributed by atoms with Crippen molar-refractivity contribution in [1.29, 1.82) is 0 Å². The average Bonchev–Trinajstić information content (AvgIpc) is 2.39. The van der Waals surface area contributed by atoms with Gasteiger partial charge in [-0.05, 0) is 13.0 Å². The smallest absolute Gasteiger partial charge is 0.308 e. The van der Waals surface area contributed by atoms with Crippen LogP contribution in [0.3, 0.4) is 0 Å². The topological polar surface area (TPSA) is 87.5 Å². The molecule has 2 rings (SSSR count). The van der Waals surface area contributed by atoms with Gasteiger partial charge in [-0.1, -0.05) is 0 Å². The van der Waals surface area contributed by atoms with E-state index in [1.807, 2.05) is 6.92 Å². The van der Waals surface area contributed by atoms with Crippen molar-refractivity contribution in [3.05, 3.63) is 28.6 Å². The Labute approximate surface area is 120 Å². The fourth-order valence-electron chi connectivity index (χ4n) is 1.94. The SMILES string of the molecule is CCn1ncc(=O)c2cc(OC(C)=O)c(OC(C)=O)cc21. The zero-order valence-corrected chi connectivity index (χ0v) is 11.9. The predicted molar refractivity (Wildman–Crippen MR) is 74.3 cm³/mol. The molecule has 21 heavy (non-hydrogen) atoms. The summed E-state index contributed by atoms with van der Waals surface area (Å²) in [5.74, 6) is -1.04. The van der Waals surface area contributed by atoms with Crippen molar-refractivity contribution in [2.75, 3.05) is 0 Å². The molecule has 0 aliphatic heterocycles. The van der Waals surface area contributed by atoms with Crippen molar-refractivity contribution in [3.8, 4) is 11.5 Å². The molecule has 0 spiro atoms. The summed E-state index contributed by atoms with van der Waals surface area (Å²) in [7, 11) is 0. The lowest BCUT2D eigenvalue weighted by Crippen LogP contribution is -2.13. The van der Waals surface area contributed by atoms with E-state index in [4.69, 9.17) is 9.47 Å². The maximum Gasteiger partial charge on any atom is 0.308 e. The summed E-state index contributed by atoms with van der Waals surface area (Å²) >= 11 is 0. The second-order valence-electron chi connectivity index (χ2n) is 4.33. The highest BCUT2D eigenvalue weighted by molar-refractivity contribution is 5.85. The summed E-state index contributed by atoms with van der Waals surface area (Å²) in [5, 5.41) is 4.32. The first-order chi connectivity index (χ1) is 9.92. The predicted octanol–water partition coefficient (Wildman–Crippen LogP) is 1.27. The summed E-state index contributed by atoms with van der Waals surface area (Å²) in [6.45, 7) is 4.85. The van der Waals surface area contributed by atoms with Crippen molar-refractivity contribution < 1.29 is 19.1 Å². The van der Waals surface area contributed by atoms with Crippen molar-refractivity contribution in [2.45, 2.75) is 27.3 Å². The highest BCUT2D eigenvalue weighted by Crippen LogP contribution is 2.31. The van der Waals surface area contributed by atoms with Gasteiger partial charge in [0.1, 0.15) is 0 Å². The second kappa shape index (κ2) is 5.74. The molecule has 7 heteroatoms. The molecule has 0 radical (unpaired) electrons. The molecule has 110 valence electrons. The van der Waals surface area contributed by atoms with Crippen LogP contribution in [0.25, 0.3) is 10.9 Å². The highest BCUT2D eigenvalue weighted by atomic mass is 16.6. The van der Waals surface area contributed by atoms with Gasteiger partial charge in [0.05, 0.1) is 17.1 Å². The van der Waals surface area contributed by atoms with Crippen LogP contribution in [-0.4, -0.2) is 21.7 Å². The summed E-state index contributed by atoms with van der Waals surface area (Å²) in [6.07, 6.45) is 1.19. The third kappa shape index (κ3) is 3.07. The van der Waals surface area contributed by atoms with Crippen LogP contribution in [0.15, 0.2) is 23.1 Å². The number of fused-ring (bicyclic) bond motifs is 1. The Kier molecular flexibility index (Phi) is 4.02. The lowest BCUT2D eigenvalue weighted by Gasteiger charge is -2.12. The Bertz CT molecular complexity index is 779. The number of benzene rings is 1. The lowest BCUT2D eigenvalue weighted by atomic mass is 10.2. The van der Waals surface area contributed by atoms with Crippen LogP contribution in [0, 0.1) is 0 Å². The zero-order chi connectivity index (χ0) is 15.6. The maximum absolute atomic E-state index is 11.9. The minimum absolute atomic E-state index is 0.0242. The van der Waals surface area contributed by atoms with Crippen LogP contribution in [0.1, 0.15) is 20.8 Å². The molecule has 0 aliphatic carbocycles. The fourth-order valence-corrected chi connectivity index (χ4v) is 1.94. The number of carbonyl (C=O) groups excluding carboxylic acids is 2. The molecular weight excluding hydrogens is 276 g/mol. The summed E-state index contributed by atoms with van der Waals surface area (Å²) in [5.41, 5.74) is 0.189. The van der Waals surface area contributed by atoms with E-state index in [-0.39, 0.29) is 16.9 Å². The number of hydrogen-bond acceptors (Lipinski definition) is 6. The Morgan fingerprint density at radius 2 is 1.71 bits per heavy atom. The van der Waals surface area contributed by atoms with Crippen LogP contribution in [0.5, 0.6) is 11.5 Å². The number of carbonyl (C=O) groups is 2. The molecule has 0 N–H and O–H groups in total. The van der Waals surface area contributed by atoms with E-state index in [1.165, 1.54) is 32.2 Å². The Morgan fingerprint density at radius 1 is 1.14 bits per heavy atom. The van der Waals surface area contributed by atoms with E-state index in [1.54, 1.807) is 4.68 Å². The van der Waals surface area contributed by atoms with Crippen molar-refractivity contribution in [1.82, 2.24) is 9.78 Å². The third-order valence-electron chi connectivity index (χ3n) is 2.73. The molecule has 7 nitrogen and oxygen atoms in total. The number of esters is 2. The zero-order valence-electron chi connectivity index (χ0n) is 11.9. The Balaban J connectivity index is 2.75. The van der Waals surface area contributed by atoms with Gasteiger partial charge in [-0.25, -0.2) is 0 Å². The number of aromatic nitrogens is 2. The van der Waals surface area contributed by atoms with E-state index in [2.05, 4.69) is 5.10 Å². The van der Waals surface area contributed by atoms with E-state index in [0.29, 0.717) is 17.4 Å². The van der Waals surface area contributed by atoms with Gasteiger partial charge in [0.25, 0.3) is 0 Å². The lowest BCUT2D eigenvalue weighted by molar-refractivity contribution is -0.134. The third-order valence-corrected chi connectivity index (χ3v) is 2.73. The van der Waals surface area contributed by atoms with Gasteiger partial charge in [0, 0.05) is 26.5 Å². The number of rotatable bonds is 3. The van der Waals surface area contributed by atoms with Crippen molar-refractivity contribution >= 4 is 22.8 Å². The van der Waals surface area contributed by atoms with Gasteiger partial charge < -0.3 is 9.47 Å². The standard InChI is InChI=1S/C14H14N2O5/c1-4-16-11-6-14(21-9(3)18)13(20-8(2)17)5-10(11)12(19)7-15-16/h5-7H,4H2,1-3H3. The fraction of sp³-hybridized carbons (Fsp3) is 0.286. The average molecular weight is 290 g/mol. The van der Waals surface area contributed by atoms with Crippen LogP contribution in [0.4, 0.5) is 0 Å². The molecule has 1 aromatic carbocycles. The van der Waals surface area contributed by atoms with Crippen LogP contribution >= 0.6 is 0 Å². The first-order valence-corrected chi connectivity index (χ1v) is 6.33. The van der Waals surface area contributed by atoms with Crippen LogP contribution < -0.4 is 14.9 Å². The first-order valence-electron chi connectivity index (χ1n) is 6.33. The second-order valence-corrected chi connectivity index (χ2v) is 4.33. The Hall–Kier alpha value is -2.70. The van der Waals surface area contributed by atoms with E-state index >= 15 is 0 Å². The monoisotopic (exact) mass is 290 g/mol. The highest BCUT2D eigenvalue weighted by Gasteiger charge is 2.15. The van der Waals surface area contributed by atoms with Crippen LogP contribution in [-0.2, 0) is 16.1 Å².